The topological polar surface area (TPSA) is 51.2 Å². The third-order valence-electron chi connectivity index (χ3n) is 3.86. The molecule has 0 fully saturated rings. The van der Waals surface area contributed by atoms with E-state index >= 15 is 0 Å². The van der Waals surface area contributed by atoms with Crippen molar-refractivity contribution in [1.82, 2.24) is 10.3 Å². The van der Waals surface area contributed by atoms with Gasteiger partial charge in [0.2, 0.25) is 0 Å². The molecule has 4 nitrogen and oxygen atoms in total. The molecule has 3 aromatic rings. The summed E-state index contributed by atoms with van der Waals surface area (Å²) in [7, 11) is 1.47. The van der Waals surface area contributed by atoms with Crippen LogP contribution in [-0.2, 0) is 0 Å². The summed E-state index contributed by atoms with van der Waals surface area (Å²) in [5.41, 5.74) is 2.00. The van der Waals surface area contributed by atoms with Crippen LogP contribution in [0.2, 0.25) is 10.0 Å². The lowest BCUT2D eigenvalue weighted by Crippen LogP contribution is -2.30. The van der Waals surface area contributed by atoms with Gasteiger partial charge in [-0.2, -0.15) is 0 Å². The highest BCUT2D eigenvalue weighted by atomic mass is 35.5. The highest BCUT2D eigenvalue weighted by Crippen LogP contribution is 2.34. The van der Waals surface area contributed by atoms with E-state index in [0.29, 0.717) is 11.3 Å². The van der Waals surface area contributed by atoms with Crippen molar-refractivity contribution in [2.45, 2.75) is 6.04 Å². The molecule has 0 saturated carbocycles. The van der Waals surface area contributed by atoms with E-state index in [1.54, 1.807) is 6.20 Å². The highest BCUT2D eigenvalue weighted by molar-refractivity contribution is 6.37. The van der Waals surface area contributed by atoms with E-state index in [1.165, 1.54) is 19.2 Å². The molecule has 1 amide bonds. The number of methoxy groups -OCH3 is 1. The number of nitrogens with one attached hydrogen (secondary N) is 1. The molecule has 6 heteroatoms. The van der Waals surface area contributed by atoms with Crippen LogP contribution in [0.15, 0.2) is 66.9 Å². The average molecular weight is 387 g/mol. The van der Waals surface area contributed by atoms with Crippen molar-refractivity contribution < 1.29 is 9.53 Å². The lowest BCUT2D eigenvalue weighted by molar-refractivity contribution is 0.0942. The molecule has 26 heavy (non-hydrogen) atoms. The van der Waals surface area contributed by atoms with Crippen molar-refractivity contribution in [1.29, 1.82) is 0 Å². The summed E-state index contributed by atoms with van der Waals surface area (Å²) in [6, 6.07) is 17.9. The summed E-state index contributed by atoms with van der Waals surface area (Å²) in [5, 5.41) is 3.55. The normalized spacial score (nSPS) is 11.7. The van der Waals surface area contributed by atoms with Crippen molar-refractivity contribution in [3.8, 4) is 5.75 Å². The number of amides is 1. The van der Waals surface area contributed by atoms with Crippen LogP contribution in [0.4, 0.5) is 0 Å². The molecule has 0 aliphatic carbocycles. The highest BCUT2D eigenvalue weighted by Gasteiger charge is 2.20. The Bertz CT molecular complexity index is 840. The fraction of sp³-hybridized carbons (Fsp3) is 0.100. The van der Waals surface area contributed by atoms with E-state index in [2.05, 4.69) is 10.3 Å². The summed E-state index contributed by atoms with van der Waals surface area (Å²) in [6.07, 6.45) is 1.69. The summed E-state index contributed by atoms with van der Waals surface area (Å²) >= 11 is 12.3. The lowest BCUT2D eigenvalue weighted by atomic mass is 10.0. The van der Waals surface area contributed by atoms with Crippen molar-refractivity contribution in [2.24, 2.45) is 0 Å². The van der Waals surface area contributed by atoms with Crippen molar-refractivity contribution >= 4 is 29.1 Å². The van der Waals surface area contributed by atoms with Crippen LogP contribution in [-0.4, -0.2) is 18.0 Å². The molecule has 1 atom stereocenters. The second kappa shape index (κ2) is 8.21. The number of benzene rings is 2. The predicted octanol–water partition coefficient (Wildman–Crippen LogP) is 4.92. The maximum Gasteiger partial charge on any atom is 0.252 e. The fourth-order valence-electron chi connectivity index (χ4n) is 2.62. The van der Waals surface area contributed by atoms with Gasteiger partial charge in [-0.1, -0.05) is 59.6 Å². The van der Waals surface area contributed by atoms with E-state index in [0.717, 1.165) is 11.3 Å². The quantitative estimate of drug-likeness (QED) is 0.676. The van der Waals surface area contributed by atoms with Crippen LogP contribution in [0.1, 0.15) is 27.7 Å². The molecule has 1 unspecified atom stereocenters. The zero-order valence-electron chi connectivity index (χ0n) is 13.9. The number of ether oxygens (including phenoxy) is 1. The van der Waals surface area contributed by atoms with Gasteiger partial charge in [-0.3, -0.25) is 9.78 Å². The van der Waals surface area contributed by atoms with Gasteiger partial charge in [0, 0.05) is 11.8 Å². The summed E-state index contributed by atoms with van der Waals surface area (Å²) < 4.78 is 5.12. The van der Waals surface area contributed by atoms with Gasteiger partial charge in [-0.15, -0.1) is 0 Å². The monoisotopic (exact) mass is 386 g/mol. The van der Waals surface area contributed by atoms with Gasteiger partial charge >= 0.3 is 0 Å². The van der Waals surface area contributed by atoms with E-state index in [9.17, 15) is 4.79 Å². The van der Waals surface area contributed by atoms with Crippen LogP contribution < -0.4 is 10.1 Å². The summed E-state index contributed by atoms with van der Waals surface area (Å²) in [4.78, 5) is 17.2. The number of hydrogen-bond donors (Lipinski definition) is 1. The Labute approximate surface area is 161 Å². The van der Waals surface area contributed by atoms with Crippen molar-refractivity contribution in [3.05, 3.63) is 93.7 Å². The Morgan fingerprint density at radius 1 is 1.04 bits per heavy atom. The SMILES string of the molecule is COc1c(Cl)cc(C(=O)NC(c2ccccc2)c2ccccn2)cc1Cl. The maximum atomic E-state index is 12.8. The Balaban J connectivity index is 1.94. The predicted molar refractivity (Wildman–Crippen MR) is 103 cm³/mol. The number of aromatic nitrogens is 1. The summed E-state index contributed by atoms with van der Waals surface area (Å²) in [6.45, 7) is 0. The van der Waals surface area contributed by atoms with E-state index in [1.807, 2.05) is 48.5 Å². The van der Waals surface area contributed by atoms with Crippen LogP contribution in [0.3, 0.4) is 0 Å². The number of pyridine rings is 1. The number of rotatable bonds is 5. The molecular weight excluding hydrogens is 371 g/mol. The minimum atomic E-state index is -0.399. The lowest BCUT2D eigenvalue weighted by Gasteiger charge is -2.19. The van der Waals surface area contributed by atoms with Gasteiger partial charge in [0.15, 0.2) is 5.75 Å². The van der Waals surface area contributed by atoms with E-state index < -0.39 is 6.04 Å². The number of hydrogen-bond acceptors (Lipinski definition) is 3. The van der Waals surface area contributed by atoms with E-state index in [4.69, 9.17) is 27.9 Å². The third-order valence-corrected chi connectivity index (χ3v) is 4.42. The van der Waals surface area contributed by atoms with Gasteiger partial charge in [0.1, 0.15) is 0 Å². The fourth-order valence-corrected chi connectivity index (χ4v) is 3.26. The number of nitrogens with zero attached hydrogens (tertiary/aromatic N) is 1. The molecule has 0 aliphatic heterocycles. The second-order valence-electron chi connectivity index (χ2n) is 5.54. The van der Waals surface area contributed by atoms with Crippen molar-refractivity contribution in [3.63, 3.8) is 0 Å². The summed E-state index contributed by atoms with van der Waals surface area (Å²) in [5.74, 6) is 0.0326. The van der Waals surface area contributed by atoms with Gasteiger partial charge in [0.05, 0.1) is 28.9 Å². The maximum absolute atomic E-state index is 12.8. The molecule has 0 spiro atoms. The van der Waals surface area contributed by atoms with Crippen molar-refractivity contribution in [2.75, 3.05) is 7.11 Å². The van der Waals surface area contributed by atoms with Crippen LogP contribution in [0.25, 0.3) is 0 Å². The molecule has 1 heterocycles. The molecule has 2 aromatic carbocycles. The Hall–Kier alpha value is -2.56. The molecule has 0 bridgehead atoms. The van der Waals surface area contributed by atoms with Gasteiger partial charge in [-0.25, -0.2) is 0 Å². The molecule has 0 saturated heterocycles. The smallest absolute Gasteiger partial charge is 0.252 e. The Morgan fingerprint density at radius 3 is 2.27 bits per heavy atom. The first kappa shape index (κ1) is 18.2. The molecule has 3 rings (SSSR count). The first-order valence-electron chi connectivity index (χ1n) is 7.90. The third kappa shape index (κ3) is 3.98. The largest absolute Gasteiger partial charge is 0.494 e. The standard InChI is InChI=1S/C20H16Cl2N2O2/c1-26-19-15(21)11-14(12-16(19)22)20(25)24-18(13-7-3-2-4-8-13)17-9-5-6-10-23-17/h2-12,18H,1H3,(H,24,25). The minimum absolute atomic E-state index is 0.277. The van der Waals surface area contributed by atoms with Gasteiger partial charge < -0.3 is 10.1 Å². The van der Waals surface area contributed by atoms with Crippen LogP contribution in [0.5, 0.6) is 5.75 Å². The zero-order chi connectivity index (χ0) is 18.5. The molecule has 132 valence electrons. The Morgan fingerprint density at radius 2 is 1.69 bits per heavy atom. The molecule has 1 N–H and O–H groups in total. The van der Waals surface area contributed by atoms with Crippen LogP contribution >= 0.6 is 23.2 Å². The molecule has 0 aliphatic rings. The Kier molecular flexibility index (Phi) is 5.76. The number of carbonyl (C=O) groups is 1. The first-order chi connectivity index (χ1) is 12.6. The van der Waals surface area contributed by atoms with Gasteiger partial charge in [0.25, 0.3) is 5.91 Å². The number of carbonyl (C=O) groups excluding carboxylic acids is 1. The average Bonchev–Trinajstić information content (AvgIpc) is 2.67. The zero-order valence-corrected chi connectivity index (χ0v) is 15.5. The van der Waals surface area contributed by atoms with Crippen LogP contribution in [0, 0.1) is 0 Å². The first-order valence-corrected chi connectivity index (χ1v) is 8.65. The molecule has 0 radical (unpaired) electrons. The minimum Gasteiger partial charge on any atom is -0.494 e. The van der Waals surface area contributed by atoms with E-state index in [-0.39, 0.29) is 16.0 Å². The number of halogens is 2. The molecular formula is C20H16Cl2N2O2. The second-order valence-corrected chi connectivity index (χ2v) is 6.36. The van der Waals surface area contributed by atoms with Gasteiger partial charge in [-0.05, 0) is 29.8 Å². The molecule has 1 aromatic heterocycles.